The summed E-state index contributed by atoms with van der Waals surface area (Å²) in [6.45, 7) is 2.06. The van der Waals surface area contributed by atoms with E-state index in [1.807, 2.05) is 29.2 Å². The average Bonchev–Trinajstić information content (AvgIpc) is 3.24. The lowest BCUT2D eigenvalue weighted by molar-refractivity contribution is -0.154. The van der Waals surface area contributed by atoms with E-state index in [9.17, 15) is 9.59 Å². The third-order valence-electron chi connectivity index (χ3n) is 5.57. The molecule has 6 heteroatoms. The number of likely N-dealkylation sites (tertiary alicyclic amines) is 1. The minimum Gasteiger partial charge on any atom is -0.480 e. The number of ether oxygens (including phenoxy) is 3. The maximum Gasteiger partial charge on any atom is 0.335 e. The lowest BCUT2D eigenvalue weighted by Crippen LogP contribution is -2.56. The number of carbonyl (C=O) groups is 2. The zero-order chi connectivity index (χ0) is 17.6. The number of rotatable bonds is 2. The van der Waals surface area contributed by atoms with Crippen molar-refractivity contribution in [3.63, 3.8) is 0 Å². The molecule has 4 rings (SSSR count). The summed E-state index contributed by atoms with van der Waals surface area (Å²) in [5, 5.41) is 0. The molecular formula is C19H23NO5. The second-order valence-corrected chi connectivity index (χ2v) is 7.08. The van der Waals surface area contributed by atoms with Gasteiger partial charge in [-0.15, -0.1) is 0 Å². The van der Waals surface area contributed by atoms with Gasteiger partial charge in [0.2, 0.25) is 0 Å². The number of benzene rings is 1. The van der Waals surface area contributed by atoms with Crippen LogP contribution in [0.25, 0.3) is 0 Å². The summed E-state index contributed by atoms with van der Waals surface area (Å²) >= 11 is 0. The fourth-order valence-corrected chi connectivity index (χ4v) is 4.30. The van der Waals surface area contributed by atoms with E-state index in [0.717, 1.165) is 24.2 Å². The van der Waals surface area contributed by atoms with Crippen LogP contribution < -0.4 is 4.74 Å². The molecule has 0 aliphatic carbocycles. The number of para-hydroxylation sites is 1. The van der Waals surface area contributed by atoms with Crippen LogP contribution >= 0.6 is 0 Å². The number of amides is 1. The molecule has 0 N–H and O–H groups in total. The lowest BCUT2D eigenvalue weighted by atomic mass is 9.91. The molecule has 6 nitrogen and oxygen atoms in total. The standard InChI is InChI=1S/C19H23NO5/c1-11-7-8-15-13(10-17(25-15)19(22)23-2)20(11)18(21)16-9-12-5-3-4-6-14(12)24-16/h3-6,11,13,15-17H,7-10H2,1-2H3/t11-,13-,15+,16-,17+/m1/s1. The minimum absolute atomic E-state index is 0.00693. The molecule has 0 bridgehead atoms. The van der Waals surface area contributed by atoms with Gasteiger partial charge in [0, 0.05) is 18.9 Å². The molecule has 3 aliphatic heterocycles. The number of piperidine rings is 1. The fraction of sp³-hybridized carbons (Fsp3) is 0.579. The first-order valence-corrected chi connectivity index (χ1v) is 8.88. The van der Waals surface area contributed by atoms with Crippen LogP contribution in [-0.2, 0) is 25.5 Å². The summed E-state index contributed by atoms with van der Waals surface area (Å²) in [5.41, 5.74) is 1.07. The maximum atomic E-state index is 13.2. The van der Waals surface area contributed by atoms with Gasteiger partial charge in [-0.1, -0.05) is 18.2 Å². The second kappa shape index (κ2) is 6.33. The Morgan fingerprint density at radius 1 is 1.20 bits per heavy atom. The summed E-state index contributed by atoms with van der Waals surface area (Å²) in [5.74, 6) is 0.420. The predicted octanol–water partition coefficient (Wildman–Crippen LogP) is 1.70. The molecule has 25 heavy (non-hydrogen) atoms. The molecule has 1 aromatic rings. The Bertz CT molecular complexity index is 665. The molecule has 0 radical (unpaired) electrons. The third kappa shape index (κ3) is 2.78. The Kier molecular flexibility index (Phi) is 4.15. The van der Waals surface area contributed by atoms with Crippen molar-refractivity contribution in [1.29, 1.82) is 0 Å². The zero-order valence-corrected chi connectivity index (χ0v) is 14.5. The van der Waals surface area contributed by atoms with Crippen LogP contribution in [0.3, 0.4) is 0 Å². The third-order valence-corrected chi connectivity index (χ3v) is 5.57. The Labute approximate surface area is 147 Å². The smallest absolute Gasteiger partial charge is 0.335 e. The average molecular weight is 345 g/mol. The molecule has 3 aliphatic rings. The van der Waals surface area contributed by atoms with Crippen LogP contribution in [-0.4, -0.2) is 54.3 Å². The van der Waals surface area contributed by atoms with E-state index in [4.69, 9.17) is 14.2 Å². The number of fused-ring (bicyclic) bond motifs is 2. The first kappa shape index (κ1) is 16.4. The molecule has 2 saturated heterocycles. The summed E-state index contributed by atoms with van der Waals surface area (Å²) in [6, 6.07) is 7.79. The predicted molar refractivity (Wildman–Crippen MR) is 89.2 cm³/mol. The largest absolute Gasteiger partial charge is 0.480 e. The van der Waals surface area contributed by atoms with Crippen molar-refractivity contribution in [2.45, 2.75) is 63.0 Å². The summed E-state index contributed by atoms with van der Waals surface area (Å²) in [6.07, 6.45) is 1.63. The number of esters is 1. The van der Waals surface area contributed by atoms with Gasteiger partial charge in [0.15, 0.2) is 12.2 Å². The Balaban J connectivity index is 1.52. The highest BCUT2D eigenvalue weighted by Gasteiger charge is 2.49. The van der Waals surface area contributed by atoms with E-state index in [0.29, 0.717) is 12.8 Å². The first-order chi connectivity index (χ1) is 12.1. The summed E-state index contributed by atoms with van der Waals surface area (Å²) in [7, 11) is 1.36. The number of hydrogen-bond acceptors (Lipinski definition) is 5. The van der Waals surface area contributed by atoms with Crippen molar-refractivity contribution >= 4 is 11.9 Å². The molecule has 0 aromatic heterocycles. The lowest BCUT2D eigenvalue weighted by Gasteiger charge is -2.42. The van der Waals surface area contributed by atoms with Gasteiger partial charge in [-0.05, 0) is 31.4 Å². The van der Waals surface area contributed by atoms with E-state index in [1.165, 1.54) is 7.11 Å². The van der Waals surface area contributed by atoms with Gasteiger partial charge in [0.1, 0.15) is 5.75 Å². The highest BCUT2D eigenvalue weighted by atomic mass is 16.6. The molecule has 2 fully saturated rings. The number of carbonyl (C=O) groups excluding carboxylic acids is 2. The molecule has 1 amide bonds. The van der Waals surface area contributed by atoms with Crippen LogP contribution in [0.5, 0.6) is 5.75 Å². The molecule has 1 aromatic carbocycles. The molecule has 5 atom stereocenters. The summed E-state index contributed by atoms with van der Waals surface area (Å²) < 4.78 is 16.6. The number of methoxy groups -OCH3 is 1. The Hall–Kier alpha value is -2.08. The van der Waals surface area contributed by atoms with Gasteiger partial charge in [-0.3, -0.25) is 4.79 Å². The van der Waals surface area contributed by atoms with Crippen LogP contribution in [0.1, 0.15) is 31.7 Å². The van der Waals surface area contributed by atoms with E-state index in [2.05, 4.69) is 6.92 Å². The Morgan fingerprint density at radius 2 is 2.00 bits per heavy atom. The first-order valence-electron chi connectivity index (χ1n) is 8.88. The quantitative estimate of drug-likeness (QED) is 0.764. The minimum atomic E-state index is -0.581. The van der Waals surface area contributed by atoms with Crippen molar-refractivity contribution in [3.8, 4) is 5.75 Å². The highest BCUT2D eigenvalue weighted by molar-refractivity contribution is 5.84. The van der Waals surface area contributed by atoms with E-state index < -0.39 is 12.2 Å². The molecule has 0 saturated carbocycles. The second-order valence-electron chi connectivity index (χ2n) is 7.08. The molecular weight excluding hydrogens is 322 g/mol. The van der Waals surface area contributed by atoms with Crippen molar-refractivity contribution < 1.29 is 23.8 Å². The van der Waals surface area contributed by atoms with Crippen molar-refractivity contribution in [1.82, 2.24) is 4.90 Å². The monoisotopic (exact) mass is 345 g/mol. The normalized spacial score (nSPS) is 33.4. The van der Waals surface area contributed by atoms with Crippen molar-refractivity contribution in [3.05, 3.63) is 29.8 Å². The number of hydrogen-bond donors (Lipinski definition) is 0. The van der Waals surface area contributed by atoms with Gasteiger partial charge in [-0.25, -0.2) is 4.79 Å². The van der Waals surface area contributed by atoms with Gasteiger partial charge in [0.05, 0.1) is 19.3 Å². The topological polar surface area (TPSA) is 65.1 Å². The Morgan fingerprint density at radius 3 is 2.76 bits per heavy atom. The van der Waals surface area contributed by atoms with Crippen LogP contribution in [0.2, 0.25) is 0 Å². The van der Waals surface area contributed by atoms with Gasteiger partial charge in [0.25, 0.3) is 5.91 Å². The van der Waals surface area contributed by atoms with Crippen molar-refractivity contribution in [2.75, 3.05) is 7.11 Å². The number of nitrogens with zero attached hydrogens (tertiary/aromatic N) is 1. The van der Waals surface area contributed by atoms with Gasteiger partial charge < -0.3 is 19.1 Å². The van der Waals surface area contributed by atoms with Gasteiger partial charge in [-0.2, -0.15) is 0 Å². The van der Waals surface area contributed by atoms with E-state index in [-0.39, 0.29) is 30.1 Å². The molecule has 0 unspecified atom stereocenters. The molecule has 0 spiro atoms. The fourth-order valence-electron chi connectivity index (χ4n) is 4.30. The van der Waals surface area contributed by atoms with Crippen LogP contribution in [0, 0.1) is 0 Å². The van der Waals surface area contributed by atoms with Crippen molar-refractivity contribution in [2.24, 2.45) is 0 Å². The zero-order valence-electron chi connectivity index (χ0n) is 14.5. The molecule has 134 valence electrons. The maximum absolute atomic E-state index is 13.2. The van der Waals surface area contributed by atoms with Crippen LogP contribution in [0.15, 0.2) is 24.3 Å². The summed E-state index contributed by atoms with van der Waals surface area (Å²) in [4.78, 5) is 26.9. The van der Waals surface area contributed by atoms with Gasteiger partial charge >= 0.3 is 5.97 Å². The van der Waals surface area contributed by atoms with E-state index in [1.54, 1.807) is 0 Å². The van der Waals surface area contributed by atoms with Crippen LogP contribution in [0.4, 0.5) is 0 Å². The highest BCUT2D eigenvalue weighted by Crippen LogP contribution is 2.37. The van der Waals surface area contributed by atoms with E-state index >= 15 is 0 Å². The molecule has 3 heterocycles. The SMILES string of the molecule is COC(=O)[C@@H]1C[C@@H]2[C@H](CC[C@@H](C)N2C(=O)[C@H]2Cc3ccccc3O2)O1.